The summed E-state index contributed by atoms with van der Waals surface area (Å²) in [5.74, 6) is 2.22. The second kappa shape index (κ2) is 7.25. The van der Waals surface area contributed by atoms with Gasteiger partial charge in [-0.2, -0.15) is 0 Å². The van der Waals surface area contributed by atoms with Crippen LogP contribution in [0.15, 0.2) is 0 Å². The fraction of sp³-hybridized carbons (Fsp3) is 0.706. The van der Waals surface area contributed by atoms with Crippen molar-refractivity contribution in [3.05, 3.63) is 17.1 Å². The molecule has 6 heteroatoms. The lowest BCUT2D eigenvalue weighted by Gasteiger charge is -2.33. The summed E-state index contributed by atoms with van der Waals surface area (Å²) in [6.45, 7) is 7.86. The van der Waals surface area contributed by atoms with Crippen LogP contribution >= 0.6 is 0 Å². The number of nitrogens with zero attached hydrogens (tertiary/aromatic N) is 3. The molecule has 0 unspecified atom stereocenters. The molecule has 0 bridgehead atoms. The number of anilines is 1. The zero-order chi connectivity index (χ0) is 16.2. The Morgan fingerprint density at radius 1 is 1.26 bits per heavy atom. The molecule has 0 aromatic carbocycles. The highest BCUT2D eigenvalue weighted by Gasteiger charge is 2.27. The molecular weight excluding hydrogens is 292 g/mol. The monoisotopic (exact) mass is 318 g/mol. The minimum absolute atomic E-state index is 0.135. The van der Waals surface area contributed by atoms with Gasteiger partial charge in [-0.25, -0.2) is 9.97 Å². The van der Waals surface area contributed by atoms with E-state index in [4.69, 9.17) is 9.72 Å². The third-order valence-electron chi connectivity index (χ3n) is 4.68. The number of carbonyl (C=O) groups excluding carboxylic acids is 1. The van der Waals surface area contributed by atoms with E-state index in [0.717, 1.165) is 69.3 Å². The number of fused-ring (bicyclic) bond motifs is 1. The standard InChI is InChI=1S/C17H26N4O2/c1-3-18-17(22)13-4-8-21(9-5-13)16-14-6-10-23-11-7-15(14)19-12(2)20-16/h13H,3-11H2,1-2H3,(H,18,22). The number of aryl methyl sites for hydroxylation is 1. The number of hydrogen-bond acceptors (Lipinski definition) is 5. The van der Waals surface area contributed by atoms with Crippen LogP contribution in [0.2, 0.25) is 0 Å². The lowest BCUT2D eigenvalue weighted by atomic mass is 9.95. The molecule has 1 fully saturated rings. The Balaban J connectivity index is 1.76. The molecule has 1 saturated heterocycles. The average molecular weight is 318 g/mol. The maximum atomic E-state index is 12.0. The topological polar surface area (TPSA) is 67.4 Å². The summed E-state index contributed by atoms with van der Waals surface area (Å²) >= 11 is 0. The lowest BCUT2D eigenvalue weighted by molar-refractivity contribution is -0.125. The van der Waals surface area contributed by atoms with Gasteiger partial charge in [-0.1, -0.05) is 0 Å². The van der Waals surface area contributed by atoms with E-state index < -0.39 is 0 Å². The van der Waals surface area contributed by atoms with Gasteiger partial charge < -0.3 is 15.0 Å². The smallest absolute Gasteiger partial charge is 0.223 e. The number of rotatable bonds is 3. The van der Waals surface area contributed by atoms with Crippen molar-refractivity contribution in [2.75, 3.05) is 37.7 Å². The van der Waals surface area contributed by atoms with E-state index in [1.807, 2.05) is 13.8 Å². The molecular formula is C17H26N4O2. The van der Waals surface area contributed by atoms with Gasteiger partial charge >= 0.3 is 0 Å². The van der Waals surface area contributed by atoms with E-state index in [1.165, 1.54) is 5.56 Å². The predicted octanol–water partition coefficient (Wildman–Crippen LogP) is 1.25. The molecule has 2 aliphatic heterocycles. The zero-order valence-corrected chi connectivity index (χ0v) is 14.1. The maximum absolute atomic E-state index is 12.0. The van der Waals surface area contributed by atoms with E-state index in [0.29, 0.717) is 6.54 Å². The van der Waals surface area contributed by atoms with Crippen molar-refractivity contribution >= 4 is 11.7 Å². The highest BCUT2D eigenvalue weighted by atomic mass is 16.5. The fourth-order valence-corrected chi connectivity index (χ4v) is 3.48. The van der Waals surface area contributed by atoms with E-state index in [-0.39, 0.29) is 11.8 Å². The number of aromatic nitrogens is 2. The molecule has 3 heterocycles. The van der Waals surface area contributed by atoms with Crippen LogP contribution in [0.25, 0.3) is 0 Å². The van der Waals surface area contributed by atoms with Crippen molar-refractivity contribution in [2.24, 2.45) is 5.92 Å². The summed E-state index contributed by atoms with van der Waals surface area (Å²) in [6, 6.07) is 0. The summed E-state index contributed by atoms with van der Waals surface area (Å²) in [6.07, 6.45) is 3.52. The van der Waals surface area contributed by atoms with Crippen LogP contribution in [0.3, 0.4) is 0 Å². The third-order valence-corrected chi connectivity index (χ3v) is 4.68. The first-order valence-corrected chi connectivity index (χ1v) is 8.65. The van der Waals surface area contributed by atoms with Crippen LogP contribution in [0, 0.1) is 12.8 Å². The summed E-state index contributed by atoms with van der Waals surface area (Å²) in [4.78, 5) is 23.7. The van der Waals surface area contributed by atoms with Gasteiger partial charge in [-0.05, 0) is 26.7 Å². The molecule has 6 nitrogen and oxygen atoms in total. The summed E-state index contributed by atoms with van der Waals surface area (Å²) in [5, 5.41) is 2.94. The number of ether oxygens (including phenoxy) is 1. The van der Waals surface area contributed by atoms with Crippen molar-refractivity contribution in [1.29, 1.82) is 0 Å². The molecule has 3 rings (SSSR count). The van der Waals surface area contributed by atoms with Crippen molar-refractivity contribution in [2.45, 2.75) is 39.5 Å². The van der Waals surface area contributed by atoms with Gasteiger partial charge in [0.05, 0.1) is 18.9 Å². The molecule has 0 atom stereocenters. The second-order valence-electron chi connectivity index (χ2n) is 6.29. The second-order valence-corrected chi connectivity index (χ2v) is 6.29. The van der Waals surface area contributed by atoms with Crippen molar-refractivity contribution in [1.82, 2.24) is 15.3 Å². The minimum Gasteiger partial charge on any atom is -0.381 e. The van der Waals surface area contributed by atoms with Crippen LogP contribution < -0.4 is 10.2 Å². The molecule has 1 N–H and O–H groups in total. The van der Waals surface area contributed by atoms with Crippen LogP contribution in [-0.4, -0.2) is 48.7 Å². The van der Waals surface area contributed by atoms with E-state index in [9.17, 15) is 4.79 Å². The first-order chi connectivity index (χ1) is 11.2. The number of nitrogens with one attached hydrogen (secondary N) is 1. The SMILES string of the molecule is CCNC(=O)C1CCN(c2nc(C)nc3c2CCOCC3)CC1. The van der Waals surface area contributed by atoms with Gasteiger partial charge in [-0.15, -0.1) is 0 Å². The first kappa shape index (κ1) is 16.2. The lowest BCUT2D eigenvalue weighted by Crippen LogP contribution is -2.41. The number of amides is 1. The Labute approximate surface area is 137 Å². The Bertz CT molecular complexity index is 568. The largest absolute Gasteiger partial charge is 0.381 e. The molecule has 1 aromatic rings. The van der Waals surface area contributed by atoms with Gasteiger partial charge in [0, 0.05) is 44.0 Å². The maximum Gasteiger partial charge on any atom is 0.223 e. The summed E-state index contributed by atoms with van der Waals surface area (Å²) in [5.41, 5.74) is 2.38. The Morgan fingerprint density at radius 3 is 2.74 bits per heavy atom. The molecule has 0 radical (unpaired) electrons. The van der Waals surface area contributed by atoms with Crippen molar-refractivity contribution < 1.29 is 9.53 Å². The Kier molecular flexibility index (Phi) is 5.10. The van der Waals surface area contributed by atoms with E-state index >= 15 is 0 Å². The quantitative estimate of drug-likeness (QED) is 0.908. The molecule has 2 aliphatic rings. The molecule has 0 aliphatic carbocycles. The number of carbonyl (C=O) groups is 1. The van der Waals surface area contributed by atoms with E-state index in [1.54, 1.807) is 0 Å². The minimum atomic E-state index is 0.135. The predicted molar refractivity (Wildman–Crippen MR) is 88.6 cm³/mol. The third kappa shape index (κ3) is 3.63. The molecule has 1 amide bonds. The summed E-state index contributed by atoms with van der Waals surface area (Å²) < 4.78 is 5.60. The van der Waals surface area contributed by atoms with E-state index in [2.05, 4.69) is 15.2 Å². The Hall–Kier alpha value is -1.69. The van der Waals surface area contributed by atoms with Crippen molar-refractivity contribution in [3.8, 4) is 0 Å². The average Bonchev–Trinajstić information content (AvgIpc) is 2.80. The first-order valence-electron chi connectivity index (χ1n) is 8.65. The van der Waals surface area contributed by atoms with Crippen LogP contribution in [0.1, 0.15) is 36.8 Å². The van der Waals surface area contributed by atoms with Crippen LogP contribution in [0.5, 0.6) is 0 Å². The van der Waals surface area contributed by atoms with Gasteiger partial charge in [-0.3, -0.25) is 4.79 Å². The number of piperidine rings is 1. The molecule has 1 aromatic heterocycles. The van der Waals surface area contributed by atoms with Crippen LogP contribution in [0.4, 0.5) is 5.82 Å². The van der Waals surface area contributed by atoms with Crippen LogP contribution in [-0.2, 0) is 22.4 Å². The highest BCUT2D eigenvalue weighted by molar-refractivity contribution is 5.78. The van der Waals surface area contributed by atoms with Crippen molar-refractivity contribution in [3.63, 3.8) is 0 Å². The highest BCUT2D eigenvalue weighted by Crippen LogP contribution is 2.28. The molecule has 0 saturated carbocycles. The fourth-order valence-electron chi connectivity index (χ4n) is 3.48. The molecule has 126 valence electrons. The van der Waals surface area contributed by atoms with Gasteiger partial charge in [0.1, 0.15) is 11.6 Å². The Morgan fingerprint density at radius 2 is 2.00 bits per heavy atom. The number of hydrogen-bond donors (Lipinski definition) is 1. The summed E-state index contributed by atoms with van der Waals surface area (Å²) in [7, 11) is 0. The molecule has 0 spiro atoms. The zero-order valence-electron chi connectivity index (χ0n) is 14.1. The van der Waals surface area contributed by atoms with Gasteiger partial charge in [0.2, 0.25) is 5.91 Å². The molecule has 23 heavy (non-hydrogen) atoms. The normalized spacial score (nSPS) is 19.1. The van der Waals surface area contributed by atoms with Gasteiger partial charge in [0.25, 0.3) is 0 Å². The van der Waals surface area contributed by atoms with Gasteiger partial charge in [0.15, 0.2) is 0 Å².